The van der Waals surface area contributed by atoms with E-state index in [0.717, 1.165) is 28.2 Å². The van der Waals surface area contributed by atoms with Crippen LogP contribution in [-0.4, -0.2) is 16.5 Å². The minimum absolute atomic E-state index is 0.884. The molecule has 0 bridgehead atoms. The zero-order valence-electron chi connectivity index (χ0n) is 7.26. The lowest BCUT2D eigenvalue weighted by Crippen LogP contribution is -2.04. The SMILES string of the molecule is CCNc1nc(CC)ncc1I. The molecule has 0 atom stereocenters. The zero-order valence-corrected chi connectivity index (χ0v) is 9.42. The zero-order chi connectivity index (χ0) is 8.97. The van der Waals surface area contributed by atoms with Crippen LogP contribution >= 0.6 is 22.6 Å². The average molecular weight is 277 g/mol. The van der Waals surface area contributed by atoms with Crippen molar-refractivity contribution in [1.82, 2.24) is 9.97 Å². The number of nitrogens with one attached hydrogen (secondary N) is 1. The van der Waals surface area contributed by atoms with E-state index < -0.39 is 0 Å². The van der Waals surface area contributed by atoms with Crippen molar-refractivity contribution in [1.29, 1.82) is 0 Å². The molecule has 0 fully saturated rings. The summed E-state index contributed by atoms with van der Waals surface area (Å²) < 4.78 is 1.08. The van der Waals surface area contributed by atoms with E-state index in [4.69, 9.17) is 0 Å². The lowest BCUT2D eigenvalue weighted by atomic mass is 10.4. The largest absolute Gasteiger partial charge is 0.369 e. The van der Waals surface area contributed by atoms with Gasteiger partial charge in [-0.15, -0.1) is 0 Å². The first kappa shape index (κ1) is 9.70. The van der Waals surface area contributed by atoms with Gasteiger partial charge < -0.3 is 5.32 Å². The summed E-state index contributed by atoms with van der Waals surface area (Å²) in [5.41, 5.74) is 0. The van der Waals surface area contributed by atoms with E-state index in [1.54, 1.807) is 0 Å². The molecule has 0 unspecified atom stereocenters. The van der Waals surface area contributed by atoms with E-state index >= 15 is 0 Å². The first-order valence-electron chi connectivity index (χ1n) is 4.03. The summed E-state index contributed by atoms with van der Waals surface area (Å²) in [6.07, 6.45) is 2.74. The Kier molecular flexibility index (Phi) is 3.71. The maximum Gasteiger partial charge on any atom is 0.143 e. The van der Waals surface area contributed by atoms with Crippen molar-refractivity contribution in [3.63, 3.8) is 0 Å². The van der Waals surface area contributed by atoms with E-state index in [9.17, 15) is 0 Å². The minimum Gasteiger partial charge on any atom is -0.369 e. The lowest BCUT2D eigenvalue weighted by Gasteiger charge is -2.05. The third-order valence-corrected chi connectivity index (χ3v) is 2.24. The summed E-state index contributed by atoms with van der Waals surface area (Å²) in [6, 6.07) is 0. The highest BCUT2D eigenvalue weighted by molar-refractivity contribution is 14.1. The van der Waals surface area contributed by atoms with E-state index in [-0.39, 0.29) is 0 Å². The van der Waals surface area contributed by atoms with Gasteiger partial charge in [0.15, 0.2) is 0 Å². The fraction of sp³-hybridized carbons (Fsp3) is 0.500. The Hall–Kier alpha value is -0.390. The summed E-state index contributed by atoms with van der Waals surface area (Å²) in [5.74, 6) is 1.84. The van der Waals surface area contributed by atoms with Crippen molar-refractivity contribution >= 4 is 28.4 Å². The summed E-state index contributed by atoms with van der Waals surface area (Å²) in [6.45, 7) is 5.01. The normalized spacial score (nSPS) is 9.92. The molecule has 1 aromatic heterocycles. The first-order valence-corrected chi connectivity index (χ1v) is 5.11. The molecule has 0 saturated heterocycles. The van der Waals surface area contributed by atoms with Crippen molar-refractivity contribution in [2.45, 2.75) is 20.3 Å². The van der Waals surface area contributed by atoms with Crippen LogP contribution in [0.2, 0.25) is 0 Å². The summed E-state index contributed by atoms with van der Waals surface area (Å²) in [5, 5.41) is 3.19. The van der Waals surface area contributed by atoms with Crippen molar-refractivity contribution in [2.75, 3.05) is 11.9 Å². The molecule has 0 aliphatic carbocycles. The molecular weight excluding hydrogens is 265 g/mol. The van der Waals surface area contributed by atoms with Gasteiger partial charge in [-0.1, -0.05) is 6.92 Å². The van der Waals surface area contributed by atoms with Crippen LogP contribution in [0.5, 0.6) is 0 Å². The molecule has 66 valence electrons. The van der Waals surface area contributed by atoms with Crippen LogP contribution in [0.1, 0.15) is 19.7 Å². The molecule has 0 radical (unpaired) electrons. The fourth-order valence-electron chi connectivity index (χ4n) is 0.865. The van der Waals surface area contributed by atoms with Crippen LogP contribution in [0.3, 0.4) is 0 Å². The van der Waals surface area contributed by atoms with Gasteiger partial charge in [-0.2, -0.15) is 0 Å². The minimum atomic E-state index is 0.884. The molecule has 4 heteroatoms. The molecule has 1 aromatic rings. The Balaban J connectivity index is 2.91. The predicted octanol–water partition coefficient (Wildman–Crippen LogP) is 2.08. The van der Waals surface area contributed by atoms with Gasteiger partial charge in [-0.3, -0.25) is 0 Å². The average Bonchev–Trinajstić information content (AvgIpc) is 2.09. The van der Waals surface area contributed by atoms with Gasteiger partial charge in [0.25, 0.3) is 0 Å². The second-order valence-electron chi connectivity index (χ2n) is 2.37. The number of anilines is 1. The van der Waals surface area contributed by atoms with E-state index in [0.29, 0.717) is 0 Å². The smallest absolute Gasteiger partial charge is 0.143 e. The second kappa shape index (κ2) is 4.59. The van der Waals surface area contributed by atoms with E-state index in [1.165, 1.54) is 0 Å². The van der Waals surface area contributed by atoms with Gasteiger partial charge in [-0.05, 0) is 29.5 Å². The van der Waals surface area contributed by atoms with Gasteiger partial charge >= 0.3 is 0 Å². The third kappa shape index (κ3) is 2.30. The Morgan fingerprint density at radius 1 is 1.50 bits per heavy atom. The van der Waals surface area contributed by atoms with Crippen LogP contribution in [-0.2, 0) is 6.42 Å². The molecule has 3 nitrogen and oxygen atoms in total. The topological polar surface area (TPSA) is 37.8 Å². The van der Waals surface area contributed by atoms with Crippen molar-refractivity contribution in [2.24, 2.45) is 0 Å². The van der Waals surface area contributed by atoms with Crippen molar-refractivity contribution in [3.05, 3.63) is 15.6 Å². The van der Waals surface area contributed by atoms with Crippen LogP contribution in [0.25, 0.3) is 0 Å². The number of halogens is 1. The molecule has 1 N–H and O–H groups in total. The highest BCUT2D eigenvalue weighted by Gasteiger charge is 2.01. The quantitative estimate of drug-likeness (QED) is 0.859. The van der Waals surface area contributed by atoms with Crippen molar-refractivity contribution < 1.29 is 0 Å². The van der Waals surface area contributed by atoms with Gasteiger partial charge in [0.2, 0.25) is 0 Å². The monoisotopic (exact) mass is 277 g/mol. The molecule has 0 aliphatic rings. The standard InChI is InChI=1S/C8H12IN3/c1-3-7-11-5-6(9)8(12-7)10-4-2/h5H,3-4H2,1-2H3,(H,10,11,12). The number of nitrogens with zero attached hydrogens (tertiary/aromatic N) is 2. The van der Waals surface area contributed by atoms with Crippen LogP contribution < -0.4 is 5.32 Å². The molecule has 1 heterocycles. The number of hydrogen-bond acceptors (Lipinski definition) is 3. The number of aromatic nitrogens is 2. The van der Waals surface area contributed by atoms with Gasteiger partial charge in [-0.25, -0.2) is 9.97 Å². The highest BCUT2D eigenvalue weighted by Crippen LogP contribution is 2.13. The van der Waals surface area contributed by atoms with E-state index in [1.807, 2.05) is 6.20 Å². The number of rotatable bonds is 3. The van der Waals surface area contributed by atoms with E-state index in [2.05, 4.69) is 51.7 Å². The molecule has 12 heavy (non-hydrogen) atoms. The number of aryl methyl sites for hydroxylation is 1. The molecular formula is C8H12IN3. The maximum atomic E-state index is 4.35. The lowest BCUT2D eigenvalue weighted by molar-refractivity contribution is 0.930. The third-order valence-electron chi connectivity index (χ3n) is 1.45. The molecule has 0 aromatic carbocycles. The van der Waals surface area contributed by atoms with Gasteiger partial charge in [0.05, 0.1) is 3.57 Å². The number of hydrogen-bond donors (Lipinski definition) is 1. The summed E-state index contributed by atoms with van der Waals surface area (Å²) in [7, 11) is 0. The van der Waals surface area contributed by atoms with Crippen LogP contribution in [0.4, 0.5) is 5.82 Å². The maximum absolute atomic E-state index is 4.35. The Bertz CT molecular complexity index is 262. The van der Waals surface area contributed by atoms with Crippen LogP contribution in [0, 0.1) is 3.57 Å². The molecule has 0 amide bonds. The summed E-state index contributed by atoms with van der Waals surface area (Å²) >= 11 is 2.23. The molecule has 1 rings (SSSR count). The van der Waals surface area contributed by atoms with Crippen molar-refractivity contribution in [3.8, 4) is 0 Å². The van der Waals surface area contributed by atoms with Crippen LogP contribution in [0.15, 0.2) is 6.20 Å². The highest BCUT2D eigenvalue weighted by atomic mass is 127. The Labute approximate surface area is 86.1 Å². The van der Waals surface area contributed by atoms with Gasteiger partial charge in [0.1, 0.15) is 11.6 Å². The Morgan fingerprint density at radius 3 is 2.83 bits per heavy atom. The second-order valence-corrected chi connectivity index (χ2v) is 3.53. The molecule has 0 aliphatic heterocycles. The van der Waals surface area contributed by atoms with Gasteiger partial charge in [0, 0.05) is 19.2 Å². The predicted molar refractivity (Wildman–Crippen MR) is 58.3 cm³/mol. The fourth-order valence-corrected chi connectivity index (χ4v) is 1.32. The summed E-state index contributed by atoms with van der Waals surface area (Å²) in [4.78, 5) is 8.53. The molecule has 0 saturated carbocycles. The first-order chi connectivity index (χ1) is 5.77. The molecule has 0 spiro atoms. The Morgan fingerprint density at radius 2 is 2.25 bits per heavy atom.